The highest BCUT2D eigenvalue weighted by molar-refractivity contribution is 6.10. The molecule has 0 unspecified atom stereocenters. The van der Waals surface area contributed by atoms with Crippen molar-refractivity contribution in [3.8, 4) is 0 Å². The summed E-state index contributed by atoms with van der Waals surface area (Å²) in [6, 6.07) is 17.8. The predicted molar refractivity (Wildman–Crippen MR) is 92.8 cm³/mol. The number of imide groups is 1. The van der Waals surface area contributed by atoms with Crippen molar-refractivity contribution in [3.05, 3.63) is 71.8 Å². The SMILES string of the molecule is CCO[C@@H](C)O[C@H]1C(=O)N(C(=O)c2ccccc2)[C@H]1c1ccccc1. The molecule has 0 spiro atoms. The van der Waals surface area contributed by atoms with Gasteiger partial charge in [0, 0.05) is 12.2 Å². The maximum absolute atomic E-state index is 12.8. The molecule has 130 valence electrons. The molecule has 2 amide bonds. The van der Waals surface area contributed by atoms with Crippen LogP contribution in [0.5, 0.6) is 0 Å². The van der Waals surface area contributed by atoms with Crippen molar-refractivity contribution in [2.24, 2.45) is 0 Å². The van der Waals surface area contributed by atoms with Crippen LogP contribution in [0.4, 0.5) is 0 Å². The Morgan fingerprint density at radius 2 is 1.68 bits per heavy atom. The Morgan fingerprint density at radius 1 is 1.08 bits per heavy atom. The van der Waals surface area contributed by atoms with Gasteiger partial charge in [0.05, 0.1) is 0 Å². The average molecular weight is 339 g/mol. The number of carbonyl (C=O) groups is 2. The molecule has 5 nitrogen and oxygen atoms in total. The molecule has 0 aromatic heterocycles. The van der Waals surface area contributed by atoms with Gasteiger partial charge in [-0.05, 0) is 31.5 Å². The zero-order valence-electron chi connectivity index (χ0n) is 14.3. The number of β-lactam (4-membered cyclic amide) rings is 1. The van der Waals surface area contributed by atoms with Gasteiger partial charge in [-0.2, -0.15) is 0 Å². The summed E-state index contributed by atoms with van der Waals surface area (Å²) >= 11 is 0. The van der Waals surface area contributed by atoms with E-state index in [1.54, 1.807) is 31.2 Å². The molecule has 2 aromatic rings. The van der Waals surface area contributed by atoms with Crippen molar-refractivity contribution in [1.29, 1.82) is 0 Å². The van der Waals surface area contributed by atoms with Crippen molar-refractivity contribution in [2.45, 2.75) is 32.3 Å². The first-order chi connectivity index (χ1) is 12.1. The number of nitrogens with zero attached hydrogens (tertiary/aromatic N) is 1. The third-order valence-corrected chi connectivity index (χ3v) is 4.17. The maximum atomic E-state index is 12.8. The smallest absolute Gasteiger partial charge is 0.261 e. The minimum absolute atomic E-state index is 0.316. The minimum Gasteiger partial charge on any atom is -0.353 e. The van der Waals surface area contributed by atoms with Gasteiger partial charge in [-0.25, -0.2) is 0 Å². The highest BCUT2D eigenvalue weighted by Crippen LogP contribution is 2.38. The van der Waals surface area contributed by atoms with E-state index in [-0.39, 0.29) is 11.8 Å². The van der Waals surface area contributed by atoms with E-state index >= 15 is 0 Å². The molecule has 0 N–H and O–H groups in total. The van der Waals surface area contributed by atoms with Crippen molar-refractivity contribution >= 4 is 11.8 Å². The van der Waals surface area contributed by atoms with Crippen LogP contribution in [0.2, 0.25) is 0 Å². The Kier molecular flexibility index (Phi) is 5.26. The summed E-state index contributed by atoms with van der Waals surface area (Å²) in [5.74, 6) is -0.655. The molecule has 25 heavy (non-hydrogen) atoms. The fourth-order valence-electron chi connectivity index (χ4n) is 3.00. The summed E-state index contributed by atoms with van der Waals surface area (Å²) in [4.78, 5) is 26.7. The zero-order chi connectivity index (χ0) is 17.8. The fourth-order valence-corrected chi connectivity index (χ4v) is 3.00. The highest BCUT2D eigenvalue weighted by atomic mass is 16.7. The van der Waals surface area contributed by atoms with Gasteiger partial charge in [-0.15, -0.1) is 0 Å². The lowest BCUT2D eigenvalue weighted by Crippen LogP contribution is -2.62. The van der Waals surface area contributed by atoms with Crippen LogP contribution in [0, 0.1) is 0 Å². The second kappa shape index (κ2) is 7.59. The number of rotatable bonds is 6. The van der Waals surface area contributed by atoms with E-state index in [1.807, 2.05) is 43.3 Å². The Hall–Kier alpha value is -2.50. The van der Waals surface area contributed by atoms with Crippen LogP contribution < -0.4 is 0 Å². The van der Waals surface area contributed by atoms with Crippen molar-refractivity contribution < 1.29 is 19.1 Å². The van der Waals surface area contributed by atoms with Gasteiger partial charge >= 0.3 is 0 Å². The first kappa shape index (κ1) is 17.3. The van der Waals surface area contributed by atoms with Gasteiger partial charge in [0.15, 0.2) is 12.4 Å². The lowest BCUT2D eigenvalue weighted by atomic mass is 9.89. The molecule has 0 radical (unpaired) electrons. The molecule has 3 rings (SSSR count). The molecule has 1 heterocycles. The summed E-state index contributed by atoms with van der Waals surface area (Å²) in [7, 11) is 0. The first-order valence-corrected chi connectivity index (χ1v) is 8.38. The number of ether oxygens (including phenoxy) is 2. The van der Waals surface area contributed by atoms with Crippen LogP contribution in [-0.4, -0.2) is 35.7 Å². The monoisotopic (exact) mass is 339 g/mol. The second-order valence-electron chi connectivity index (χ2n) is 5.81. The van der Waals surface area contributed by atoms with Crippen molar-refractivity contribution in [1.82, 2.24) is 4.90 Å². The van der Waals surface area contributed by atoms with Crippen LogP contribution in [-0.2, 0) is 14.3 Å². The Morgan fingerprint density at radius 3 is 2.28 bits per heavy atom. The van der Waals surface area contributed by atoms with Gasteiger partial charge in [0.2, 0.25) is 0 Å². The molecule has 5 heteroatoms. The molecule has 0 aliphatic carbocycles. The highest BCUT2D eigenvalue weighted by Gasteiger charge is 2.53. The van der Waals surface area contributed by atoms with Crippen LogP contribution in [0.1, 0.15) is 35.8 Å². The van der Waals surface area contributed by atoms with E-state index in [2.05, 4.69) is 0 Å². The summed E-state index contributed by atoms with van der Waals surface area (Å²) in [5.41, 5.74) is 1.34. The number of carbonyl (C=O) groups excluding carboxylic acids is 2. The van der Waals surface area contributed by atoms with Crippen LogP contribution in [0.25, 0.3) is 0 Å². The summed E-state index contributed by atoms with van der Waals surface area (Å²) < 4.78 is 11.1. The zero-order valence-corrected chi connectivity index (χ0v) is 14.3. The standard InChI is InChI=1S/C20H21NO4/c1-3-24-14(2)25-18-17(15-10-6-4-7-11-15)21(20(18)23)19(22)16-12-8-5-9-13-16/h4-14,17-18H,3H2,1-2H3/t14-,17+,18-/m1/s1. The van der Waals surface area contributed by atoms with E-state index in [4.69, 9.17) is 9.47 Å². The molecule has 2 aromatic carbocycles. The number of hydrogen-bond donors (Lipinski definition) is 0. The number of hydrogen-bond acceptors (Lipinski definition) is 4. The third kappa shape index (κ3) is 3.48. The average Bonchev–Trinajstić information content (AvgIpc) is 2.65. The van der Waals surface area contributed by atoms with Crippen molar-refractivity contribution in [2.75, 3.05) is 6.61 Å². The Bertz CT molecular complexity index is 732. The van der Waals surface area contributed by atoms with Gasteiger partial charge in [-0.3, -0.25) is 14.5 Å². The van der Waals surface area contributed by atoms with E-state index in [1.165, 1.54) is 4.90 Å². The third-order valence-electron chi connectivity index (χ3n) is 4.17. The van der Waals surface area contributed by atoms with Gasteiger partial charge in [-0.1, -0.05) is 48.5 Å². The van der Waals surface area contributed by atoms with Gasteiger partial charge < -0.3 is 9.47 Å². The molecule has 1 saturated heterocycles. The van der Waals surface area contributed by atoms with Crippen LogP contribution in [0.3, 0.4) is 0 Å². The van der Waals surface area contributed by atoms with Crippen molar-refractivity contribution in [3.63, 3.8) is 0 Å². The fraction of sp³-hybridized carbons (Fsp3) is 0.300. The molecule has 1 fully saturated rings. The molecular formula is C20H21NO4. The first-order valence-electron chi connectivity index (χ1n) is 8.38. The molecule has 0 saturated carbocycles. The molecular weight excluding hydrogens is 318 g/mol. The Balaban J connectivity index is 1.87. The topological polar surface area (TPSA) is 55.8 Å². The van der Waals surface area contributed by atoms with Gasteiger partial charge in [0.25, 0.3) is 11.8 Å². The normalized spacial score (nSPS) is 20.9. The van der Waals surface area contributed by atoms with Crippen LogP contribution >= 0.6 is 0 Å². The van der Waals surface area contributed by atoms with E-state index in [0.29, 0.717) is 12.2 Å². The molecule has 0 bridgehead atoms. The Labute approximate surface area is 147 Å². The predicted octanol–water partition coefficient (Wildman–Crippen LogP) is 3.18. The number of benzene rings is 2. The molecule has 1 aliphatic heterocycles. The van der Waals surface area contributed by atoms with Gasteiger partial charge in [0.1, 0.15) is 6.04 Å². The lowest BCUT2D eigenvalue weighted by Gasteiger charge is -2.46. The van der Waals surface area contributed by atoms with E-state index in [0.717, 1.165) is 5.56 Å². The molecule has 1 aliphatic rings. The quantitative estimate of drug-likeness (QED) is 0.461. The summed E-state index contributed by atoms with van der Waals surface area (Å²) in [6.45, 7) is 4.10. The minimum atomic E-state index is -0.725. The molecule has 3 atom stereocenters. The van der Waals surface area contributed by atoms with E-state index in [9.17, 15) is 9.59 Å². The summed E-state index contributed by atoms with van der Waals surface area (Å²) in [6.07, 6.45) is -1.24. The number of amides is 2. The van der Waals surface area contributed by atoms with Crippen LogP contribution in [0.15, 0.2) is 60.7 Å². The maximum Gasteiger partial charge on any atom is 0.261 e. The van der Waals surface area contributed by atoms with E-state index < -0.39 is 18.4 Å². The second-order valence-corrected chi connectivity index (χ2v) is 5.81. The lowest BCUT2D eigenvalue weighted by molar-refractivity contribution is -0.209. The summed E-state index contributed by atoms with van der Waals surface area (Å²) in [5, 5.41) is 0. The largest absolute Gasteiger partial charge is 0.353 e. The number of likely N-dealkylation sites (tertiary alicyclic amines) is 1.